The summed E-state index contributed by atoms with van der Waals surface area (Å²) < 4.78 is 20.3. The number of nitrogens with zero attached hydrogens (tertiary/aromatic N) is 1. The minimum Gasteiger partial charge on any atom is -0.378 e. The summed E-state index contributed by atoms with van der Waals surface area (Å²) in [7, 11) is 0. The lowest BCUT2D eigenvalue weighted by molar-refractivity contribution is -0.00590. The number of hydrogen-bond acceptors (Lipinski definition) is 3. The molecule has 1 aromatic heterocycles. The molecule has 2 aromatic rings. The van der Waals surface area contributed by atoms with Gasteiger partial charge in [0.25, 0.3) is 5.91 Å². The standard InChI is InChI=1S/C19H24FN3O2S/c20-13-9-15(17-16(10-13)21-19(26)22-17)18(24)23-7-5-14(6-8-23)25-11-12-3-1-2-4-12/h9-10,12,14H,1-8,11H2,(H2,21,22,26). The van der Waals surface area contributed by atoms with Crippen LogP contribution >= 0.6 is 12.2 Å². The number of nitrogens with one attached hydrogen (secondary N) is 2. The van der Waals surface area contributed by atoms with Gasteiger partial charge in [0.1, 0.15) is 5.82 Å². The van der Waals surface area contributed by atoms with Crippen molar-refractivity contribution in [2.24, 2.45) is 5.92 Å². The minimum atomic E-state index is -0.444. The number of fused-ring (bicyclic) bond motifs is 1. The molecular formula is C19H24FN3O2S. The van der Waals surface area contributed by atoms with Gasteiger partial charge in [-0.05, 0) is 56.0 Å². The number of aromatic amines is 2. The monoisotopic (exact) mass is 377 g/mol. The number of rotatable bonds is 4. The Labute approximate surface area is 156 Å². The number of halogens is 1. The molecule has 2 fully saturated rings. The van der Waals surface area contributed by atoms with E-state index in [-0.39, 0.29) is 12.0 Å². The molecule has 4 rings (SSSR count). The molecule has 2 N–H and O–H groups in total. The fourth-order valence-electron chi connectivity index (χ4n) is 4.12. The Kier molecular flexibility index (Phi) is 5.09. The van der Waals surface area contributed by atoms with Crippen molar-refractivity contribution in [1.29, 1.82) is 0 Å². The van der Waals surface area contributed by atoms with Gasteiger partial charge in [-0.15, -0.1) is 0 Å². The Morgan fingerprint density at radius 2 is 1.92 bits per heavy atom. The molecule has 2 aliphatic rings. The maximum Gasteiger partial charge on any atom is 0.256 e. The molecule has 0 unspecified atom stereocenters. The molecule has 0 spiro atoms. The molecule has 26 heavy (non-hydrogen) atoms. The summed E-state index contributed by atoms with van der Waals surface area (Å²) in [4.78, 5) is 20.5. The van der Waals surface area contributed by atoms with Gasteiger partial charge in [0, 0.05) is 19.7 Å². The Morgan fingerprint density at radius 1 is 1.19 bits per heavy atom. The van der Waals surface area contributed by atoms with Crippen LogP contribution in [0.15, 0.2) is 12.1 Å². The van der Waals surface area contributed by atoms with Crippen LogP contribution in [0.5, 0.6) is 0 Å². The van der Waals surface area contributed by atoms with Crippen molar-refractivity contribution in [3.8, 4) is 0 Å². The van der Waals surface area contributed by atoms with E-state index in [1.807, 2.05) is 0 Å². The van der Waals surface area contributed by atoms with Crippen molar-refractivity contribution in [3.05, 3.63) is 28.3 Å². The SMILES string of the molecule is O=C(c1cc(F)cc2[nH]c(=S)[nH]c12)N1CCC(OCC2CCCC2)CC1. The van der Waals surface area contributed by atoms with Crippen LogP contribution in [0.2, 0.25) is 0 Å². The topological polar surface area (TPSA) is 61.1 Å². The highest BCUT2D eigenvalue weighted by Crippen LogP contribution is 2.27. The first-order valence-corrected chi connectivity index (χ1v) is 9.83. The van der Waals surface area contributed by atoms with E-state index in [1.54, 1.807) is 4.90 Å². The molecule has 1 aliphatic heterocycles. The summed E-state index contributed by atoms with van der Waals surface area (Å²) in [6.07, 6.45) is 7.11. The summed E-state index contributed by atoms with van der Waals surface area (Å²) in [5.41, 5.74) is 1.42. The predicted octanol–water partition coefficient (Wildman–Crippen LogP) is 4.18. The van der Waals surface area contributed by atoms with Crippen LogP contribution in [-0.4, -0.2) is 46.6 Å². The number of hydrogen-bond donors (Lipinski definition) is 2. The smallest absolute Gasteiger partial charge is 0.256 e. The van der Waals surface area contributed by atoms with E-state index in [4.69, 9.17) is 17.0 Å². The fourth-order valence-corrected chi connectivity index (χ4v) is 4.33. The summed E-state index contributed by atoms with van der Waals surface area (Å²) in [6.45, 7) is 2.12. The van der Waals surface area contributed by atoms with Gasteiger partial charge in [-0.2, -0.15) is 0 Å². The number of carbonyl (C=O) groups excluding carboxylic acids is 1. The molecule has 1 saturated heterocycles. The molecule has 0 radical (unpaired) electrons. The molecule has 5 nitrogen and oxygen atoms in total. The zero-order valence-corrected chi connectivity index (χ0v) is 15.5. The third-order valence-electron chi connectivity index (χ3n) is 5.59. The summed E-state index contributed by atoms with van der Waals surface area (Å²) in [5, 5.41) is 0. The summed E-state index contributed by atoms with van der Waals surface area (Å²) in [5.74, 6) is 0.113. The average molecular weight is 377 g/mol. The van der Waals surface area contributed by atoms with Crippen molar-refractivity contribution in [2.45, 2.75) is 44.6 Å². The van der Waals surface area contributed by atoms with Gasteiger partial charge in [-0.1, -0.05) is 12.8 Å². The van der Waals surface area contributed by atoms with Crippen LogP contribution in [0.4, 0.5) is 4.39 Å². The van der Waals surface area contributed by atoms with Crippen molar-refractivity contribution in [1.82, 2.24) is 14.9 Å². The Morgan fingerprint density at radius 3 is 2.65 bits per heavy atom. The second-order valence-corrected chi connectivity index (χ2v) is 7.84. The lowest BCUT2D eigenvalue weighted by Crippen LogP contribution is -2.41. The van der Waals surface area contributed by atoms with Gasteiger partial charge in [-0.25, -0.2) is 4.39 Å². The number of aromatic nitrogens is 2. The number of carbonyl (C=O) groups is 1. The fraction of sp³-hybridized carbons (Fsp3) is 0.579. The number of amides is 1. The van der Waals surface area contributed by atoms with E-state index in [2.05, 4.69) is 9.97 Å². The van der Waals surface area contributed by atoms with E-state index >= 15 is 0 Å². The molecule has 1 amide bonds. The van der Waals surface area contributed by atoms with Gasteiger partial charge in [0.2, 0.25) is 0 Å². The van der Waals surface area contributed by atoms with Crippen LogP contribution < -0.4 is 0 Å². The van der Waals surface area contributed by atoms with Crippen LogP contribution in [0.25, 0.3) is 11.0 Å². The number of ether oxygens (including phenoxy) is 1. The maximum atomic E-state index is 13.9. The highest BCUT2D eigenvalue weighted by Gasteiger charge is 2.27. The quantitative estimate of drug-likeness (QED) is 0.786. The minimum absolute atomic E-state index is 0.158. The van der Waals surface area contributed by atoms with Gasteiger partial charge in [-0.3, -0.25) is 4.79 Å². The molecule has 2 heterocycles. The highest BCUT2D eigenvalue weighted by atomic mass is 32.1. The Bertz CT molecular complexity index is 848. The Balaban J connectivity index is 1.40. The second-order valence-electron chi connectivity index (χ2n) is 7.43. The molecule has 7 heteroatoms. The third kappa shape index (κ3) is 3.69. The average Bonchev–Trinajstić information content (AvgIpc) is 3.27. The van der Waals surface area contributed by atoms with Crippen LogP contribution in [0.1, 0.15) is 48.9 Å². The van der Waals surface area contributed by atoms with E-state index in [9.17, 15) is 9.18 Å². The lowest BCUT2D eigenvalue weighted by Gasteiger charge is -2.32. The molecule has 0 bridgehead atoms. The number of likely N-dealkylation sites (tertiary alicyclic amines) is 1. The number of benzene rings is 1. The van der Waals surface area contributed by atoms with E-state index in [0.29, 0.717) is 40.4 Å². The highest BCUT2D eigenvalue weighted by molar-refractivity contribution is 7.71. The van der Waals surface area contributed by atoms with Crippen molar-refractivity contribution in [3.63, 3.8) is 0 Å². The van der Waals surface area contributed by atoms with Crippen molar-refractivity contribution >= 4 is 29.2 Å². The van der Waals surface area contributed by atoms with Crippen LogP contribution in [0, 0.1) is 16.5 Å². The van der Waals surface area contributed by atoms with Crippen molar-refractivity contribution < 1.29 is 13.9 Å². The van der Waals surface area contributed by atoms with E-state index in [1.165, 1.54) is 37.8 Å². The molecular weight excluding hydrogens is 353 g/mol. The molecule has 140 valence electrons. The van der Waals surface area contributed by atoms with Gasteiger partial charge < -0.3 is 19.6 Å². The zero-order valence-electron chi connectivity index (χ0n) is 14.7. The Hall–Kier alpha value is -1.73. The first-order chi connectivity index (χ1) is 12.6. The lowest BCUT2D eigenvalue weighted by atomic mass is 10.0. The largest absolute Gasteiger partial charge is 0.378 e. The number of piperidine rings is 1. The van der Waals surface area contributed by atoms with Crippen LogP contribution in [-0.2, 0) is 4.74 Å². The number of H-pyrrole nitrogens is 2. The molecule has 1 aliphatic carbocycles. The van der Waals surface area contributed by atoms with Gasteiger partial charge in [0.05, 0.1) is 22.7 Å². The van der Waals surface area contributed by atoms with Crippen LogP contribution in [0.3, 0.4) is 0 Å². The molecule has 1 aromatic carbocycles. The number of imidazole rings is 1. The normalized spacial score (nSPS) is 19.5. The third-order valence-corrected chi connectivity index (χ3v) is 5.80. The molecule has 0 atom stereocenters. The zero-order chi connectivity index (χ0) is 18.1. The maximum absolute atomic E-state index is 13.9. The van der Waals surface area contributed by atoms with E-state index in [0.717, 1.165) is 19.4 Å². The predicted molar refractivity (Wildman–Crippen MR) is 100 cm³/mol. The first-order valence-electron chi connectivity index (χ1n) is 9.42. The second kappa shape index (κ2) is 7.48. The summed E-state index contributed by atoms with van der Waals surface area (Å²) in [6, 6.07) is 2.63. The van der Waals surface area contributed by atoms with Gasteiger partial charge >= 0.3 is 0 Å². The van der Waals surface area contributed by atoms with Gasteiger partial charge in [0.15, 0.2) is 4.77 Å². The van der Waals surface area contributed by atoms with Crippen molar-refractivity contribution in [2.75, 3.05) is 19.7 Å². The first kappa shape index (κ1) is 17.7. The van der Waals surface area contributed by atoms with E-state index < -0.39 is 5.82 Å². The molecule has 1 saturated carbocycles. The summed E-state index contributed by atoms with van der Waals surface area (Å²) >= 11 is 5.07.